The van der Waals surface area contributed by atoms with Gasteiger partial charge in [0.2, 0.25) is 0 Å². The van der Waals surface area contributed by atoms with E-state index in [1.54, 1.807) is 17.7 Å². The minimum atomic E-state index is -2.51. The summed E-state index contributed by atoms with van der Waals surface area (Å²) in [4.78, 5) is 25.2. The lowest BCUT2D eigenvalue weighted by Crippen LogP contribution is -2.20. The lowest BCUT2D eigenvalue weighted by molar-refractivity contribution is 0.0988. The Bertz CT molecular complexity index is 1300. The van der Waals surface area contributed by atoms with Gasteiger partial charge in [-0.15, -0.1) is 0 Å². The van der Waals surface area contributed by atoms with Gasteiger partial charge in [-0.25, -0.2) is 15.0 Å². The molecule has 0 unspecified atom stereocenters. The van der Waals surface area contributed by atoms with Gasteiger partial charge in [-0.2, -0.15) is 5.10 Å². The summed E-state index contributed by atoms with van der Waals surface area (Å²) in [5.74, 6) is 0.926. The molecule has 0 saturated heterocycles. The normalized spacial score (nSPS) is 15.9. The van der Waals surface area contributed by atoms with Crippen LogP contribution < -0.4 is 21.2 Å². The molecule has 2 fully saturated rings. The molecule has 11 heteroatoms. The first-order valence-corrected chi connectivity index (χ1v) is 13.3. The zero-order valence-corrected chi connectivity index (χ0v) is 20.4. The number of carbonyl (C=O) groups is 1. The Kier molecular flexibility index (Phi) is 5.64. The molecule has 2 saturated carbocycles. The summed E-state index contributed by atoms with van der Waals surface area (Å²) in [7, 11) is 0.857. The first-order chi connectivity index (χ1) is 16.4. The van der Waals surface area contributed by atoms with Crippen LogP contribution >= 0.6 is 7.14 Å². The van der Waals surface area contributed by atoms with E-state index in [-0.39, 0.29) is 22.9 Å². The maximum absolute atomic E-state index is 14.0. The molecular formula is C23H28N7O3P. The molecule has 0 radical (unpaired) electrons. The molecule has 0 aromatic carbocycles. The van der Waals surface area contributed by atoms with Gasteiger partial charge >= 0.3 is 0 Å². The monoisotopic (exact) mass is 481 g/mol. The minimum Gasteiger partial charge on any atom is -0.491 e. The largest absolute Gasteiger partial charge is 0.491 e. The van der Waals surface area contributed by atoms with E-state index < -0.39 is 7.14 Å². The lowest BCUT2D eigenvalue weighted by atomic mass is 10.1. The molecule has 3 heterocycles. The minimum absolute atomic E-state index is 0.0754. The molecule has 2 aliphatic rings. The Morgan fingerprint density at radius 2 is 1.91 bits per heavy atom. The van der Waals surface area contributed by atoms with Gasteiger partial charge in [0.15, 0.2) is 17.4 Å². The molecule has 3 aromatic rings. The van der Waals surface area contributed by atoms with Crippen LogP contribution in [0.5, 0.6) is 5.75 Å². The van der Waals surface area contributed by atoms with Crippen molar-refractivity contribution in [1.82, 2.24) is 24.7 Å². The summed E-state index contributed by atoms with van der Waals surface area (Å²) < 4.78 is 21.5. The van der Waals surface area contributed by atoms with Gasteiger partial charge in [0.05, 0.1) is 23.8 Å². The number of hydrogen-bond acceptors (Lipinski definition) is 9. The second kappa shape index (κ2) is 8.51. The first-order valence-electron chi connectivity index (χ1n) is 11.5. The Morgan fingerprint density at radius 1 is 1.21 bits per heavy atom. The highest BCUT2D eigenvalue weighted by atomic mass is 31.2. The Balaban J connectivity index is 1.55. The number of aromatic nitrogens is 5. The van der Waals surface area contributed by atoms with E-state index >= 15 is 0 Å². The van der Waals surface area contributed by atoms with Crippen LogP contribution in [0.15, 0.2) is 24.7 Å². The van der Waals surface area contributed by atoms with Gasteiger partial charge in [0.1, 0.15) is 30.7 Å². The van der Waals surface area contributed by atoms with Crippen LogP contribution in [-0.4, -0.2) is 48.9 Å². The van der Waals surface area contributed by atoms with Gasteiger partial charge in [0, 0.05) is 37.0 Å². The van der Waals surface area contributed by atoms with Crippen molar-refractivity contribution in [3.8, 4) is 17.1 Å². The van der Waals surface area contributed by atoms with Crippen molar-refractivity contribution < 1.29 is 14.1 Å². The molecule has 0 amide bonds. The molecule has 10 nitrogen and oxygen atoms in total. The number of ether oxygens (including phenoxy) is 1. The number of methoxy groups -OCH3 is 1. The fourth-order valence-corrected chi connectivity index (χ4v) is 8.44. The van der Waals surface area contributed by atoms with Crippen LogP contribution in [0.25, 0.3) is 11.4 Å². The second-order valence-electron chi connectivity index (χ2n) is 8.84. The Labute approximate surface area is 197 Å². The highest BCUT2D eigenvalue weighted by molar-refractivity contribution is 7.73. The van der Waals surface area contributed by atoms with E-state index in [1.807, 2.05) is 13.1 Å². The third-order valence-electron chi connectivity index (χ3n) is 6.44. The molecule has 0 spiro atoms. The molecule has 0 atom stereocenters. The number of pyridine rings is 1. The smallest absolute Gasteiger partial charge is 0.189 e. The maximum atomic E-state index is 14.0. The highest BCUT2D eigenvalue weighted by Gasteiger charge is 2.53. The number of ketones is 1. The van der Waals surface area contributed by atoms with E-state index in [1.165, 1.54) is 19.6 Å². The zero-order valence-electron chi connectivity index (χ0n) is 19.5. The molecule has 2 aliphatic carbocycles. The van der Waals surface area contributed by atoms with E-state index in [4.69, 9.17) is 10.5 Å². The average Bonchev–Trinajstić information content (AvgIpc) is 3.75. The molecular weight excluding hydrogens is 453 g/mol. The van der Waals surface area contributed by atoms with Crippen LogP contribution in [0, 0.1) is 0 Å². The number of aryl methyl sites for hydroxylation is 1. The first kappa shape index (κ1) is 22.5. The van der Waals surface area contributed by atoms with E-state index in [0.29, 0.717) is 40.6 Å². The number of nitrogen functional groups attached to an aromatic ring is 1. The molecule has 5 rings (SSSR count). The van der Waals surface area contributed by atoms with Crippen LogP contribution in [-0.2, 0) is 11.6 Å². The number of hydrogen-bond donors (Lipinski definition) is 2. The van der Waals surface area contributed by atoms with Crippen molar-refractivity contribution in [1.29, 1.82) is 0 Å². The standard InChI is InChI=1S/C23H28N7O3P/c1-4-18(31)15-11-25-19(24)9-16(15)28-23-22(33-3)21(26-12-27-23)17-10-20(30(2)29-17)34(32,13-5-6-13)14-7-8-14/h9-14H,4-8H2,1-3H3,(H3,24,25,26,27,28). The maximum Gasteiger partial charge on any atom is 0.189 e. The summed E-state index contributed by atoms with van der Waals surface area (Å²) in [5, 5.41) is 7.82. The molecule has 0 aliphatic heterocycles. The number of rotatable bonds is 9. The zero-order chi connectivity index (χ0) is 24.0. The van der Waals surface area contributed by atoms with Crippen LogP contribution in [0.4, 0.5) is 17.3 Å². The second-order valence-corrected chi connectivity index (χ2v) is 12.2. The van der Waals surface area contributed by atoms with Crippen molar-refractivity contribution in [2.24, 2.45) is 7.05 Å². The van der Waals surface area contributed by atoms with Crippen molar-refractivity contribution in [3.63, 3.8) is 0 Å². The topological polar surface area (TPSA) is 138 Å². The lowest BCUT2D eigenvalue weighted by Gasteiger charge is -2.17. The highest BCUT2D eigenvalue weighted by Crippen LogP contribution is 2.69. The quantitative estimate of drug-likeness (QED) is 0.347. The van der Waals surface area contributed by atoms with E-state index in [0.717, 1.165) is 31.1 Å². The fraction of sp³-hybridized carbons (Fsp3) is 0.435. The van der Waals surface area contributed by atoms with Gasteiger partial charge in [-0.05, 0) is 31.7 Å². The molecule has 0 bridgehead atoms. The number of nitrogens with two attached hydrogens (primary N) is 1. The van der Waals surface area contributed by atoms with Crippen LogP contribution in [0.3, 0.4) is 0 Å². The Hall–Kier alpha value is -3.26. The third-order valence-corrected chi connectivity index (χ3v) is 10.8. The Morgan fingerprint density at radius 3 is 2.53 bits per heavy atom. The third kappa shape index (κ3) is 3.86. The van der Waals surface area contributed by atoms with Gasteiger partial charge < -0.3 is 20.4 Å². The van der Waals surface area contributed by atoms with Crippen molar-refractivity contribution in [2.75, 3.05) is 18.2 Å². The van der Waals surface area contributed by atoms with Crippen LogP contribution in [0.1, 0.15) is 49.4 Å². The van der Waals surface area contributed by atoms with Crippen molar-refractivity contribution >= 4 is 35.7 Å². The summed E-state index contributed by atoms with van der Waals surface area (Å²) >= 11 is 0. The van der Waals surface area contributed by atoms with Crippen molar-refractivity contribution in [3.05, 3.63) is 30.2 Å². The summed E-state index contributed by atoms with van der Waals surface area (Å²) in [6.07, 6.45) is 7.27. The van der Waals surface area contributed by atoms with E-state index in [9.17, 15) is 9.36 Å². The molecule has 3 N–H and O–H groups in total. The fourth-order valence-electron chi connectivity index (χ4n) is 4.44. The number of nitrogens with zero attached hydrogens (tertiary/aromatic N) is 5. The number of anilines is 3. The predicted molar refractivity (Wildman–Crippen MR) is 131 cm³/mol. The SMILES string of the molecule is CCC(=O)c1cnc(N)cc1Nc1ncnc(-c2cc(P(=O)(C3CC3)C3CC3)n(C)n2)c1OC. The number of Topliss-reactive ketones (excluding diaryl/α,β-unsaturated/α-hetero) is 1. The van der Waals surface area contributed by atoms with Gasteiger partial charge in [-0.3, -0.25) is 9.48 Å². The van der Waals surface area contributed by atoms with Gasteiger partial charge in [0.25, 0.3) is 0 Å². The van der Waals surface area contributed by atoms with Crippen LogP contribution in [0.2, 0.25) is 0 Å². The average molecular weight is 481 g/mol. The molecule has 34 heavy (non-hydrogen) atoms. The van der Waals surface area contributed by atoms with E-state index in [2.05, 4.69) is 25.4 Å². The predicted octanol–water partition coefficient (Wildman–Crippen LogP) is 3.51. The summed E-state index contributed by atoms with van der Waals surface area (Å²) in [6, 6.07) is 3.48. The number of nitrogens with one attached hydrogen (secondary N) is 1. The summed E-state index contributed by atoms with van der Waals surface area (Å²) in [5.41, 5.74) is 9.17. The molecule has 3 aromatic heterocycles. The summed E-state index contributed by atoms with van der Waals surface area (Å²) in [6.45, 7) is 1.78. The van der Waals surface area contributed by atoms with Crippen molar-refractivity contribution in [2.45, 2.75) is 50.3 Å². The molecule has 178 valence electrons. The van der Waals surface area contributed by atoms with Gasteiger partial charge in [-0.1, -0.05) is 6.92 Å². The number of carbonyl (C=O) groups excluding carboxylic acids is 1.